The minimum Gasteiger partial charge on any atom is -0.390 e. The highest BCUT2D eigenvalue weighted by Crippen LogP contribution is 2.33. The van der Waals surface area contributed by atoms with E-state index in [0.717, 1.165) is 5.56 Å². The van der Waals surface area contributed by atoms with Crippen LogP contribution in [0, 0.1) is 12.7 Å². The molecule has 0 aliphatic heterocycles. The van der Waals surface area contributed by atoms with E-state index in [1.807, 2.05) is 19.1 Å². The molecule has 0 saturated heterocycles. The van der Waals surface area contributed by atoms with Crippen molar-refractivity contribution in [1.82, 2.24) is 0 Å². The van der Waals surface area contributed by atoms with Crippen LogP contribution < -0.4 is 0 Å². The molecule has 0 aliphatic rings. The fourth-order valence-electron chi connectivity index (χ4n) is 2.16. The largest absolute Gasteiger partial charge is 0.390 e. The molecule has 0 saturated carbocycles. The first kappa shape index (κ1) is 13.7. The van der Waals surface area contributed by atoms with E-state index in [4.69, 9.17) is 0 Å². The number of hydrogen-bond donors (Lipinski definition) is 2. The highest BCUT2D eigenvalue weighted by Gasteiger charge is 2.36. The minimum absolute atomic E-state index is 0.374. The van der Waals surface area contributed by atoms with Crippen LogP contribution >= 0.6 is 0 Å². The molecule has 2 aromatic rings. The van der Waals surface area contributed by atoms with E-state index in [1.54, 1.807) is 12.1 Å². The number of benzene rings is 2. The van der Waals surface area contributed by atoms with Crippen LogP contribution in [-0.2, 0) is 5.60 Å². The van der Waals surface area contributed by atoms with E-state index in [1.165, 1.54) is 31.2 Å². The Hall–Kier alpha value is -1.71. The Morgan fingerprint density at radius 1 is 0.947 bits per heavy atom. The van der Waals surface area contributed by atoms with Gasteiger partial charge in [0, 0.05) is 0 Å². The van der Waals surface area contributed by atoms with E-state index in [9.17, 15) is 14.6 Å². The van der Waals surface area contributed by atoms with Gasteiger partial charge in [-0.1, -0.05) is 42.0 Å². The first-order valence-corrected chi connectivity index (χ1v) is 6.18. The normalized spacial score (nSPS) is 15.8. The molecule has 2 N–H and O–H groups in total. The van der Waals surface area contributed by atoms with Gasteiger partial charge >= 0.3 is 0 Å². The molecule has 2 atom stereocenters. The SMILES string of the molecule is Cc1ccc(C(O)(c2ccc(F)cc2)[C@@H](C)O)cc1. The molecule has 0 spiro atoms. The zero-order valence-electron chi connectivity index (χ0n) is 11.0. The Morgan fingerprint density at radius 3 is 1.79 bits per heavy atom. The van der Waals surface area contributed by atoms with Crippen molar-refractivity contribution in [2.75, 3.05) is 0 Å². The van der Waals surface area contributed by atoms with Gasteiger partial charge in [-0.05, 0) is 37.1 Å². The molecule has 19 heavy (non-hydrogen) atoms. The quantitative estimate of drug-likeness (QED) is 0.891. The van der Waals surface area contributed by atoms with Crippen molar-refractivity contribution >= 4 is 0 Å². The zero-order chi connectivity index (χ0) is 14.0. The van der Waals surface area contributed by atoms with Crippen molar-refractivity contribution < 1.29 is 14.6 Å². The van der Waals surface area contributed by atoms with Crippen LogP contribution in [0.2, 0.25) is 0 Å². The molecule has 1 unspecified atom stereocenters. The third-order valence-corrected chi connectivity index (χ3v) is 3.38. The summed E-state index contributed by atoms with van der Waals surface area (Å²) in [5.74, 6) is -0.374. The molecule has 0 radical (unpaired) electrons. The van der Waals surface area contributed by atoms with Crippen molar-refractivity contribution in [3.8, 4) is 0 Å². The molecular formula is C16H17FO2. The summed E-state index contributed by atoms with van der Waals surface area (Å²) < 4.78 is 13.0. The lowest BCUT2D eigenvalue weighted by Crippen LogP contribution is -2.38. The molecule has 0 aliphatic carbocycles. The van der Waals surface area contributed by atoms with Gasteiger partial charge in [-0.3, -0.25) is 0 Å². The van der Waals surface area contributed by atoms with Gasteiger partial charge in [0.25, 0.3) is 0 Å². The molecule has 2 aromatic carbocycles. The lowest BCUT2D eigenvalue weighted by molar-refractivity contribution is -0.0394. The van der Waals surface area contributed by atoms with E-state index in [0.29, 0.717) is 11.1 Å². The highest BCUT2D eigenvalue weighted by molar-refractivity contribution is 5.38. The highest BCUT2D eigenvalue weighted by atomic mass is 19.1. The van der Waals surface area contributed by atoms with Gasteiger partial charge in [-0.25, -0.2) is 4.39 Å². The predicted molar refractivity (Wildman–Crippen MR) is 72.3 cm³/mol. The van der Waals surface area contributed by atoms with Crippen molar-refractivity contribution in [2.24, 2.45) is 0 Å². The third-order valence-electron chi connectivity index (χ3n) is 3.38. The van der Waals surface area contributed by atoms with Crippen molar-refractivity contribution in [2.45, 2.75) is 25.6 Å². The smallest absolute Gasteiger partial charge is 0.140 e. The maximum atomic E-state index is 13.0. The Labute approximate surface area is 112 Å². The third kappa shape index (κ3) is 2.53. The molecule has 0 fully saturated rings. The minimum atomic E-state index is -1.54. The molecule has 0 bridgehead atoms. The monoisotopic (exact) mass is 260 g/mol. The van der Waals surface area contributed by atoms with Gasteiger partial charge < -0.3 is 10.2 Å². The Bertz CT molecular complexity index is 498. The van der Waals surface area contributed by atoms with Gasteiger partial charge in [-0.2, -0.15) is 0 Å². The van der Waals surface area contributed by atoms with Gasteiger partial charge in [0.2, 0.25) is 0 Å². The molecule has 2 nitrogen and oxygen atoms in total. The summed E-state index contributed by atoms with van der Waals surface area (Å²) in [6.45, 7) is 3.46. The maximum absolute atomic E-state index is 13.0. The Morgan fingerprint density at radius 2 is 1.37 bits per heavy atom. The number of aliphatic hydroxyl groups excluding tert-OH is 1. The fourth-order valence-corrected chi connectivity index (χ4v) is 2.16. The van der Waals surface area contributed by atoms with Crippen molar-refractivity contribution in [1.29, 1.82) is 0 Å². The van der Waals surface area contributed by atoms with Crippen LogP contribution in [0.5, 0.6) is 0 Å². The molecule has 2 rings (SSSR count). The molecule has 100 valence electrons. The first-order valence-electron chi connectivity index (χ1n) is 6.18. The average Bonchev–Trinajstić information content (AvgIpc) is 2.39. The second-order valence-corrected chi connectivity index (χ2v) is 4.82. The number of aliphatic hydroxyl groups is 2. The van der Waals surface area contributed by atoms with Crippen LogP contribution in [0.3, 0.4) is 0 Å². The van der Waals surface area contributed by atoms with Gasteiger partial charge in [0.05, 0.1) is 6.10 Å². The molecule has 3 heteroatoms. The topological polar surface area (TPSA) is 40.5 Å². The number of aryl methyl sites for hydroxylation is 1. The summed E-state index contributed by atoms with van der Waals surface area (Å²) in [5.41, 5.74) is 0.574. The van der Waals surface area contributed by atoms with E-state index < -0.39 is 11.7 Å². The van der Waals surface area contributed by atoms with Gasteiger partial charge in [0.1, 0.15) is 11.4 Å². The van der Waals surface area contributed by atoms with E-state index in [2.05, 4.69) is 0 Å². The Kier molecular flexibility index (Phi) is 3.69. The lowest BCUT2D eigenvalue weighted by atomic mass is 9.82. The average molecular weight is 260 g/mol. The predicted octanol–water partition coefficient (Wildman–Crippen LogP) is 2.75. The molecule has 0 heterocycles. The van der Waals surface area contributed by atoms with Crippen molar-refractivity contribution in [3.63, 3.8) is 0 Å². The second kappa shape index (κ2) is 5.11. The fraction of sp³-hybridized carbons (Fsp3) is 0.250. The molecule has 0 aromatic heterocycles. The lowest BCUT2D eigenvalue weighted by Gasteiger charge is -2.32. The summed E-state index contributed by atoms with van der Waals surface area (Å²) in [7, 11) is 0. The maximum Gasteiger partial charge on any atom is 0.140 e. The summed E-state index contributed by atoms with van der Waals surface area (Å²) in [4.78, 5) is 0. The van der Waals surface area contributed by atoms with Crippen LogP contribution in [0.15, 0.2) is 48.5 Å². The van der Waals surface area contributed by atoms with E-state index in [-0.39, 0.29) is 5.82 Å². The zero-order valence-corrected chi connectivity index (χ0v) is 11.0. The van der Waals surface area contributed by atoms with Crippen LogP contribution in [0.1, 0.15) is 23.6 Å². The van der Waals surface area contributed by atoms with Gasteiger partial charge in [0.15, 0.2) is 0 Å². The molecule has 0 amide bonds. The van der Waals surface area contributed by atoms with Crippen molar-refractivity contribution in [3.05, 3.63) is 71.0 Å². The van der Waals surface area contributed by atoms with Crippen LogP contribution in [-0.4, -0.2) is 16.3 Å². The summed E-state index contributed by atoms with van der Waals surface area (Å²) in [5, 5.41) is 20.8. The number of halogens is 1. The Balaban J connectivity index is 2.54. The summed E-state index contributed by atoms with van der Waals surface area (Å²) >= 11 is 0. The number of rotatable bonds is 3. The standard InChI is InChI=1S/C16H17FO2/c1-11-3-5-13(6-4-11)16(19,12(2)18)14-7-9-15(17)10-8-14/h3-10,12,18-19H,1-2H3/t12-,16?/m1/s1. The van der Waals surface area contributed by atoms with Gasteiger partial charge in [-0.15, -0.1) is 0 Å². The number of hydrogen-bond acceptors (Lipinski definition) is 2. The summed E-state index contributed by atoms with van der Waals surface area (Å²) in [6.07, 6.45) is -1.01. The van der Waals surface area contributed by atoms with E-state index >= 15 is 0 Å². The second-order valence-electron chi connectivity index (χ2n) is 4.82. The van der Waals surface area contributed by atoms with Crippen LogP contribution in [0.4, 0.5) is 4.39 Å². The first-order chi connectivity index (χ1) is 8.94. The molecular weight excluding hydrogens is 243 g/mol. The van der Waals surface area contributed by atoms with Crippen LogP contribution in [0.25, 0.3) is 0 Å². The summed E-state index contributed by atoms with van der Waals surface area (Å²) in [6, 6.07) is 12.8.